The highest BCUT2D eigenvalue weighted by atomic mass is 32.2. The number of benzene rings is 1. The summed E-state index contributed by atoms with van der Waals surface area (Å²) < 4.78 is 22.8. The third-order valence-electron chi connectivity index (χ3n) is 2.70. The molecule has 19 heavy (non-hydrogen) atoms. The summed E-state index contributed by atoms with van der Waals surface area (Å²) in [6.07, 6.45) is 0.510. The van der Waals surface area contributed by atoms with Crippen LogP contribution in [0, 0.1) is 6.92 Å². The van der Waals surface area contributed by atoms with Crippen LogP contribution < -0.4 is 10.5 Å². The number of sulfonamides is 1. The van der Waals surface area contributed by atoms with Gasteiger partial charge in [0, 0.05) is 18.2 Å². The van der Waals surface area contributed by atoms with Crippen LogP contribution in [0.4, 0.5) is 5.69 Å². The zero-order chi connectivity index (χ0) is 14.6. The maximum atomic E-state index is 11.4. The molecular weight excluding hydrogens is 268 g/mol. The Kier molecular flexibility index (Phi) is 4.90. The fourth-order valence-electron chi connectivity index (χ4n) is 1.69. The van der Waals surface area contributed by atoms with Crippen molar-refractivity contribution in [3.05, 3.63) is 23.8 Å². The van der Waals surface area contributed by atoms with Crippen molar-refractivity contribution in [3.8, 4) is 0 Å². The zero-order valence-electron chi connectivity index (χ0n) is 10.9. The van der Waals surface area contributed by atoms with Gasteiger partial charge in [-0.3, -0.25) is 4.79 Å². The summed E-state index contributed by atoms with van der Waals surface area (Å²) in [4.78, 5) is 10.5. The number of aliphatic carboxylic acids is 1. The zero-order valence-corrected chi connectivity index (χ0v) is 11.7. The number of hydrogen-bond donors (Lipinski definition) is 3. The minimum atomic E-state index is -3.75. The van der Waals surface area contributed by atoms with E-state index in [-0.39, 0.29) is 17.4 Å². The standard InChI is InChI=1S/C12H18N2O4S/c1-8-3-5-10(7-11(8)19(13,17)18)14-9(2)4-6-12(15)16/h3,5,7,9,14H,4,6H2,1-2H3,(H,15,16)(H2,13,17,18). The van der Waals surface area contributed by atoms with Gasteiger partial charge >= 0.3 is 5.97 Å². The van der Waals surface area contributed by atoms with Gasteiger partial charge in [-0.15, -0.1) is 0 Å². The van der Waals surface area contributed by atoms with Gasteiger partial charge in [0.05, 0.1) is 4.90 Å². The van der Waals surface area contributed by atoms with Crippen LogP contribution in [0.2, 0.25) is 0 Å². The molecule has 0 amide bonds. The van der Waals surface area contributed by atoms with Crippen LogP contribution in [0.5, 0.6) is 0 Å². The Morgan fingerprint density at radius 2 is 2.11 bits per heavy atom. The molecule has 1 atom stereocenters. The van der Waals surface area contributed by atoms with Gasteiger partial charge in [-0.05, 0) is 38.0 Å². The van der Waals surface area contributed by atoms with Crippen LogP contribution in [0.15, 0.2) is 23.1 Å². The molecule has 0 saturated carbocycles. The second kappa shape index (κ2) is 6.03. The highest BCUT2D eigenvalue weighted by Crippen LogP contribution is 2.20. The largest absolute Gasteiger partial charge is 0.481 e. The van der Waals surface area contributed by atoms with Crippen molar-refractivity contribution >= 4 is 21.7 Å². The first kappa shape index (κ1) is 15.5. The van der Waals surface area contributed by atoms with Gasteiger partial charge in [-0.1, -0.05) is 6.07 Å². The molecule has 0 spiro atoms. The van der Waals surface area contributed by atoms with Gasteiger partial charge in [-0.2, -0.15) is 0 Å². The van der Waals surface area contributed by atoms with E-state index in [9.17, 15) is 13.2 Å². The number of hydrogen-bond acceptors (Lipinski definition) is 4. The van der Waals surface area contributed by atoms with E-state index in [1.165, 1.54) is 6.07 Å². The molecule has 1 rings (SSSR count). The van der Waals surface area contributed by atoms with Gasteiger partial charge in [0.2, 0.25) is 10.0 Å². The fourth-order valence-corrected chi connectivity index (χ4v) is 2.50. The van der Waals surface area contributed by atoms with Crippen molar-refractivity contribution in [2.75, 3.05) is 5.32 Å². The van der Waals surface area contributed by atoms with E-state index in [0.717, 1.165) is 0 Å². The first-order chi connectivity index (χ1) is 8.70. The van der Waals surface area contributed by atoms with Crippen molar-refractivity contribution in [2.24, 2.45) is 5.14 Å². The van der Waals surface area contributed by atoms with Crippen molar-refractivity contribution in [3.63, 3.8) is 0 Å². The van der Waals surface area contributed by atoms with Crippen molar-refractivity contribution in [2.45, 2.75) is 37.6 Å². The van der Waals surface area contributed by atoms with Gasteiger partial charge in [0.15, 0.2) is 0 Å². The molecule has 0 aliphatic carbocycles. The van der Waals surface area contributed by atoms with E-state index < -0.39 is 16.0 Å². The number of carboxylic acids is 1. The molecule has 0 heterocycles. The number of rotatable bonds is 6. The second-order valence-electron chi connectivity index (χ2n) is 4.50. The lowest BCUT2D eigenvalue weighted by Crippen LogP contribution is -2.18. The van der Waals surface area contributed by atoms with E-state index in [1.54, 1.807) is 19.1 Å². The summed E-state index contributed by atoms with van der Waals surface area (Å²) in [7, 11) is -3.75. The summed E-state index contributed by atoms with van der Waals surface area (Å²) >= 11 is 0. The van der Waals surface area contributed by atoms with E-state index in [1.807, 2.05) is 6.92 Å². The minimum Gasteiger partial charge on any atom is -0.481 e. The van der Waals surface area contributed by atoms with Crippen molar-refractivity contribution in [1.82, 2.24) is 0 Å². The first-order valence-electron chi connectivity index (χ1n) is 5.82. The normalized spacial score (nSPS) is 13.0. The minimum absolute atomic E-state index is 0.0576. The molecule has 1 aromatic rings. The molecule has 0 fully saturated rings. The van der Waals surface area contributed by atoms with E-state index >= 15 is 0 Å². The Hall–Kier alpha value is -1.60. The molecule has 0 aromatic heterocycles. The summed E-state index contributed by atoms with van der Waals surface area (Å²) in [5.74, 6) is -0.859. The third kappa shape index (κ3) is 4.88. The lowest BCUT2D eigenvalue weighted by molar-refractivity contribution is -0.137. The summed E-state index contributed by atoms with van der Waals surface area (Å²) in [5.41, 5.74) is 1.18. The predicted octanol–water partition coefficient (Wildman–Crippen LogP) is 1.31. The number of carboxylic acid groups (broad SMARTS) is 1. The molecule has 0 aliphatic rings. The number of primary sulfonamides is 1. The smallest absolute Gasteiger partial charge is 0.303 e. The highest BCUT2D eigenvalue weighted by Gasteiger charge is 2.13. The van der Waals surface area contributed by atoms with E-state index in [2.05, 4.69) is 5.32 Å². The average Bonchev–Trinajstić information content (AvgIpc) is 2.27. The monoisotopic (exact) mass is 286 g/mol. The molecule has 7 heteroatoms. The Bertz CT molecular complexity index is 569. The first-order valence-corrected chi connectivity index (χ1v) is 7.36. The van der Waals surface area contributed by atoms with Crippen LogP contribution in [0.3, 0.4) is 0 Å². The maximum Gasteiger partial charge on any atom is 0.303 e. The summed E-state index contributed by atoms with van der Waals surface area (Å²) in [6.45, 7) is 3.50. The number of carbonyl (C=O) groups is 1. The van der Waals surface area contributed by atoms with Gasteiger partial charge in [0.1, 0.15) is 0 Å². The average molecular weight is 286 g/mol. The molecule has 0 saturated heterocycles. The number of aryl methyl sites for hydroxylation is 1. The van der Waals surface area contributed by atoms with E-state index in [0.29, 0.717) is 17.7 Å². The Balaban J connectivity index is 2.83. The Morgan fingerprint density at radius 1 is 1.47 bits per heavy atom. The summed E-state index contributed by atoms with van der Waals surface area (Å²) in [5, 5.41) is 16.8. The maximum absolute atomic E-state index is 11.4. The van der Waals surface area contributed by atoms with Gasteiger partial charge < -0.3 is 10.4 Å². The number of nitrogens with one attached hydrogen (secondary N) is 1. The molecule has 1 aromatic carbocycles. The quantitative estimate of drug-likeness (QED) is 0.730. The molecule has 0 bridgehead atoms. The van der Waals surface area contributed by atoms with Crippen LogP contribution in [-0.4, -0.2) is 25.5 Å². The van der Waals surface area contributed by atoms with Gasteiger partial charge in [-0.25, -0.2) is 13.6 Å². The molecule has 0 aliphatic heterocycles. The number of anilines is 1. The Labute approximate surface area is 112 Å². The van der Waals surface area contributed by atoms with E-state index in [4.69, 9.17) is 10.2 Å². The molecular formula is C12H18N2O4S. The predicted molar refractivity (Wildman–Crippen MR) is 72.5 cm³/mol. The lowest BCUT2D eigenvalue weighted by Gasteiger charge is -2.15. The van der Waals surface area contributed by atoms with Crippen LogP contribution in [0.1, 0.15) is 25.3 Å². The topological polar surface area (TPSA) is 109 Å². The summed E-state index contributed by atoms with van der Waals surface area (Å²) in [6, 6.07) is 4.78. The lowest BCUT2D eigenvalue weighted by atomic mass is 10.1. The number of nitrogens with two attached hydrogens (primary N) is 1. The molecule has 0 radical (unpaired) electrons. The molecule has 6 nitrogen and oxygen atoms in total. The fraction of sp³-hybridized carbons (Fsp3) is 0.417. The van der Waals surface area contributed by atoms with Crippen LogP contribution in [-0.2, 0) is 14.8 Å². The second-order valence-corrected chi connectivity index (χ2v) is 6.03. The molecule has 106 valence electrons. The SMILES string of the molecule is Cc1ccc(NC(C)CCC(=O)O)cc1S(N)(=O)=O. The molecule has 1 unspecified atom stereocenters. The van der Waals surface area contributed by atoms with Crippen LogP contribution >= 0.6 is 0 Å². The van der Waals surface area contributed by atoms with Crippen LogP contribution in [0.25, 0.3) is 0 Å². The third-order valence-corrected chi connectivity index (χ3v) is 3.75. The van der Waals surface area contributed by atoms with Crippen molar-refractivity contribution in [1.29, 1.82) is 0 Å². The molecule has 4 N–H and O–H groups in total. The Morgan fingerprint density at radius 3 is 2.63 bits per heavy atom. The van der Waals surface area contributed by atoms with Gasteiger partial charge in [0.25, 0.3) is 0 Å². The van der Waals surface area contributed by atoms with Crippen molar-refractivity contribution < 1.29 is 18.3 Å². The highest BCUT2D eigenvalue weighted by molar-refractivity contribution is 7.89.